The van der Waals surface area contributed by atoms with E-state index in [1.165, 1.54) is 6.20 Å². The Morgan fingerprint density at radius 3 is 2.53 bits per heavy atom. The molecular formula is C11H12N4O2. The summed E-state index contributed by atoms with van der Waals surface area (Å²) in [5.74, 6) is -1.31. The van der Waals surface area contributed by atoms with Gasteiger partial charge >= 0.3 is 5.97 Å². The van der Waals surface area contributed by atoms with Crippen molar-refractivity contribution in [2.45, 2.75) is 13.8 Å². The third kappa shape index (κ3) is 1.89. The molecule has 0 saturated heterocycles. The number of rotatable bonds is 2. The zero-order valence-corrected chi connectivity index (χ0v) is 9.80. The van der Waals surface area contributed by atoms with Crippen LogP contribution in [0, 0.1) is 13.8 Å². The maximum atomic E-state index is 10.7. The Morgan fingerprint density at radius 1 is 1.35 bits per heavy atom. The van der Waals surface area contributed by atoms with Crippen molar-refractivity contribution in [1.29, 1.82) is 0 Å². The van der Waals surface area contributed by atoms with Crippen LogP contribution in [0.1, 0.15) is 21.9 Å². The lowest BCUT2D eigenvalue weighted by Crippen LogP contribution is -2.07. The SMILES string of the molecule is Cc1cnn(C)c1-c1cnc(C(=O)O)nc1C. The highest BCUT2D eigenvalue weighted by atomic mass is 16.4. The van der Waals surface area contributed by atoms with Crippen LogP contribution in [0.2, 0.25) is 0 Å². The van der Waals surface area contributed by atoms with Gasteiger partial charge in [-0.05, 0) is 19.4 Å². The smallest absolute Gasteiger partial charge is 0.373 e. The Kier molecular flexibility index (Phi) is 2.63. The van der Waals surface area contributed by atoms with Crippen molar-refractivity contribution < 1.29 is 9.90 Å². The molecule has 2 aromatic heterocycles. The fourth-order valence-electron chi connectivity index (χ4n) is 1.74. The van der Waals surface area contributed by atoms with Crippen LogP contribution in [0.25, 0.3) is 11.3 Å². The minimum Gasteiger partial charge on any atom is -0.475 e. The minimum atomic E-state index is -1.12. The first kappa shape index (κ1) is 11.3. The molecule has 0 aliphatic rings. The molecule has 0 unspecified atom stereocenters. The van der Waals surface area contributed by atoms with Crippen molar-refractivity contribution in [3.63, 3.8) is 0 Å². The number of carbonyl (C=O) groups is 1. The Balaban J connectivity index is 2.58. The second kappa shape index (κ2) is 3.97. The molecule has 0 radical (unpaired) electrons. The number of carboxylic acids is 1. The van der Waals surface area contributed by atoms with Gasteiger partial charge in [-0.25, -0.2) is 14.8 Å². The summed E-state index contributed by atoms with van der Waals surface area (Å²) in [6.07, 6.45) is 3.27. The normalized spacial score (nSPS) is 10.5. The van der Waals surface area contributed by atoms with E-state index in [9.17, 15) is 4.79 Å². The predicted octanol–water partition coefficient (Wildman–Crippen LogP) is 1.19. The van der Waals surface area contributed by atoms with Gasteiger partial charge in [-0.1, -0.05) is 0 Å². The number of carboxylic acid groups (broad SMARTS) is 1. The summed E-state index contributed by atoms with van der Waals surface area (Å²) >= 11 is 0. The molecule has 0 aromatic carbocycles. The molecule has 1 N–H and O–H groups in total. The van der Waals surface area contributed by atoms with E-state index in [2.05, 4.69) is 15.1 Å². The second-order valence-corrected chi connectivity index (χ2v) is 3.80. The van der Waals surface area contributed by atoms with Crippen LogP contribution in [0.4, 0.5) is 0 Å². The molecule has 2 rings (SSSR count). The third-order valence-electron chi connectivity index (χ3n) is 2.55. The van der Waals surface area contributed by atoms with E-state index < -0.39 is 5.97 Å². The van der Waals surface area contributed by atoms with Crippen LogP contribution in [0.15, 0.2) is 12.4 Å². The van der Waals surface area contributed by atoms with E-state index in [4.69, 9.17) is 5.11 Å². The second-order valence-electron chi connectivity index (χ2n) is 3.80. The topological polar surface area (TPSA) is 80.9 Å². The van der Waals surface area contributed by atoms with Crippen LogP contribution < -0.4 is 0 Å². The van der Waals surface area contributed by atoms with E-state index in [1.54, 1.807) is 17.8 Å². The molecule has 0 fully saturated rings. The maximum Gasteiger partial charge on any atom is 0.373 e. The molecule has 6 nitrogen and oxygen atoms in total. The van der Waals surface area contributed by atoms with Crippen LogP contribution in [-0.4, -0.2) is 30.8 Å². The first-order valence-electron chi connectivity index (χ1n) is 5.06. The van der Waals surface area contributed by atoms with Crippen molar-refractivity contribution in [1.82, 2.24) is 19.7 Å². The third-order valence-corrected chi connectivity index (χ3v) is 2.55. The largest absolute Gasteiger partial charge is 0.475 e. The van der Waals surface area contributed by atoms with Gasteiger partial charge in [0.1, 0.15) is 0 Å². The fraction of sp³-hybridized carbons (Fsp3) is 0.273. The van der Waals surface area contributed by atoms with E-state index in [1.807, 2.05) is 14.0 Å². The van der Waals surface area contributed by atoms with Crippen molar-refractivity contribution in [2.24, 2.45) is 7.05 Å². The molecule has 0 spiro atoms. The Hall–Kier alpha value is -2.24. The average molecular weight is 232 g/mol. The Bertz CT molecular complexity index is 570. The van der Waals surface area contributed by atoms with Crippen molar-refractivity contribution in [3.8, 4) is 11.3 Å². The lowest BCUT2D eigenvalue weighted by molar-refractivity contribution is 0.0683. The summed E-state index contributed by atoms with van der Waals surface area (Å²) in [5.41, 5.74) is 3.33. The van der Waals surface area contributed by atoms with Gasteiger partial charge < -0.3 is 5.11 Å². The van der Waals surface area contributed by atoms with Gasteiger partial charge in [0.2, 0.25) is 5.82 Å². The van der Waals surface area contributed by atoms with Crippen molar-refractivity contribution in [3.05, 3.63) is 29.5 Å². The predicted molar refractivity (Wildman–Crippen MR) is 60.7 cm³/mol. The lowest BCUT2D eigenvalue weighted by atomic mass is 10.1. The molecule has 0 bridgehead atoms. The zero-order chi connectivity index (χ0) is 12.6. The highest BCUT2D eigenvalue weighted by molar-refractivity contribution is 5.83. The summed E-state index contributed by atoms with van der Waals surface area (Å²) < 4.78 is 1.72. The quantitative estimate of drug-likeness (QED) is 0.841. The zero-order valence-electron chi connectivity index (χ0n) is 9.80. The summed E-state index contributed by atoms with van der Waals surface area (Å²) in [6, 6.07) is 0. The average Bonchev–Trinajstić information content (AvgIpc) is 2.59. The molecule has 0 amide bonds. The number of hydrogen-bond acceptors (Lipinski definition) is 4. The maximum absolute atomic E-state index is 10.7. The van der Waals surface area contributed by atoms with E-state index >= 15 is 0 Å². The standard InChI is InChI=1S/C11H12N4O2/c1-6-4-13-15(3)9(6)8-5-12-10(11(16)17)14-7(8)2/h4-5H,1-3H3,(H,16,17). The molecular weight excluding hydrogens is 220 g/mol. The highest BCUT2D eigenvalue weighted by Crippen LogP contribution is 2.23. The van der Waals surface area contributed by atoms with Crippen LogP contribution in [0.5, 0.6) is 0 Å². The fourth-order valence-corrected chi connectivity index (χ4v) is 1.74. The number of hydrogen-bond donors (Lipinski definition) is 1. The Morgan fingerprint density at radius 2 is 2.06 bits per heavy atom. The van der Waals surface area contributed by atoms with E-state index in [-0.39, 0.29) is 5.82 Å². The van der Waals surface area contributed by atoms with Gasteiger partial charge in [0.05, 0.1) is 17.6 Å². The molecule has 0 aliphatic carbocycles. The molecule has 2 heterocycles. The Labute approximate surface area is 98.0 Å². The lowest BCUT2D eigenvalue weighted by Gasteiger charge is -2.07. The van der Waals surface area contributed by atoms with Crippen molar-refractivity contribution >= 4 is 5.97 Å². The van der Waals surface area contributed by atoms with E-state index in [0.29, 0.717) is 5.69 Å². The number of aromatic carboxylic acids is 1. The number of nitrogens with zero attached hydrogens (tertiary/aromatic N) is 4. The van der Waals surface area contributed by atoms with Crippen LogP contribution in [-0.2, 0) is 7.05 Å². The van der Waals surface area contributed by atoms with Crippen LogP contribution >= 0.6 is 0 Å². The van der Waals surface area contributed by atoms with Gasteiger partial charge in [-0.15, -0.1) is 0 Å². The summed E-state index contributed by atoms with van der Waals surface area (Å²) in [4.78, 5) is 18.5. The van der Waals surface area contributed by atoms with Gasteiger partial charge in [0.25, 0.3) is 0 Å². The van der Waals surface area contributed by atoms with E-state index in [0.717, 1.165) is 16.8 Å². The van der Waals surface area contributed by atoms with Gasteiger partial charge in [0, 0.05) is 18.8 Å². The molecule has 6 heteroatoms. The molecule has 2 aromatic rings. The van der Waals surface area contributed by atoms with Gasteiger partial charge in [0.15, 0.2) is 0 Å². The minimum absolute atomic E-state index is 0.189. The summed E-state index contributed by atoms with van der Waals surface area (Å²) in [6.45, 7) is 3.70. The first-order chi connectivity index (χ1) is 8.00. The number of aryl methyl sites for hydroxylation is 3. The van der Waals surface area contributed by atoms with Crippen molar-refractivity contribution in [2.75, 3.05) is 0 Å². The molecule has 0 atom stereocenters. The first-order valence-corrected chi connectivity index (χ1v) is 5.06. The molecule has 0 saturated carbocycles. The monoisotopic (exact) mass is 232 g/mol. The number of aromatic nitrogens is 4. The van der Waals surface area contributed by atoms with Gasteiger partial charge in [-0.2, -0.15) is 5.10 Å². The van der Waals surface area contributed by atoms with Crippen LogP contribution in [0.3, 0.4) is 0 Å². The molecule has 88 valence electrons. The summed E-state index contributed by atoms with van der Waals surface area (Å²) in [7, 11) is 1.83. The highest BCUT2D eigenvalue weighted by Gasteiger charge is 2.14. The summed E-state index contributed by atoms with van der Waals surface area (Å²) in [5, 5.41) is 12.9. The molecule has 17 heavy (non-hydrogen) atoms. The molecule has 0 aliphatic heterocycles. The van der Waals surface area contributed by atoms with Gasteiger partial charge in [-0.3, -0.25) is 4.68 Å².